The average molecular weight is 558 g/mol. The van der Waals surface area contributed by atoms with E-state index in [2.05, 4.69) is 37.2 Å². The van der Waals surface area contributed by atoms with Crippen molar-refractivity contribution < 1.29 is 28.8 Å². The fraction of sp³-hybridized carbons (Fsp3) is 0.250. The minimum atomic E-state index is -1.25. The second kappa shape index (κ2) is 11.0. The molecule has 0 unspecified atom stereocenters. The number of nitrogens with one attached hydrogen (secondary N) is 1. The maximum atomic E-state index is 12.8. The van der Waals surface area contributed by atoms with Crippen molar-refractivity contribution in [2.45, 2.75) is 18.4 Å². The van der Waals surface area contributed by atoms with E-state index in [1.807, 2.05) is 0 Å². The van der Waals surface area contributed by atoms with E-state index in [4.69, 9.17) is 9.47 Å². The van der Waals surface area contributed by atoms with E-state index in [9.17, 15) is 24.5 Å². The molecule has 2 aromatic carbocycles. The summed E-state index contributed by atoms with van der Waals surface area (Å²) >= 11 is 6.60. The van der Waals surface area contributed by atoms with E-state index < -0.39 is 34.7 Å². The van der Waals surface area contributed by atoms with Crippen LogP contribution < -0.4 is 5.32 Å². The molecule has 2 aromatic rings. The van der Waals surface area contributed by atoms with Gasteiger partial charge in [-0.2, -0.15) is 0 Å². The lowest BCUT2D eigenvalue weighted by Crippen LogP contribution is -2.46. The van der Waals surface area contributed by atoms with Gasteiger partial charge in [0, 0.05) is 32.6 Å². The molecule has 0 spiro atoms. The maximum absolute atomic E-state index is 12.8. The van der Waals surface area contributed by atoms with Gasteiger partial charge in [-0.1, -0.05) is 44.0 Å². The van der Waals surface area contributed by atoms with Crippen molar-refractivity contribution in [3.8, 4) is 0 Å². The molecular formula is C20H18Br2N2O7. The molecule has 1 amide bonds. The first-order valence-corrected chi connectivity index (χ1v) is 10.4. The van der Waals surface area contributed by atoms with Crippen LogP contribution in [0.2, 0.25) is 0 Å². The van der Waals surface area contributed by atoms with E-state index in [1.165, 1.54) is 31.4 Å². The number of hydrogen-bond acceptors (Lipinski definition) is 7. The number of esters is 2. The lowest BCUT2D eigenvalue weighted by atomic mass is 9.88. The van der Waals surface area contributed by atoms with Crippen molar-refractivity contribution in [2.75, 3.05) is 14.2 Å². The third-order valence-electron chi connectivity index (χ3n) is 4.42. The Morgan fingerprint density at radius 1 is 1.03 bits per heavy atom. The van der Waals surface area contributed by atoms with Crippen molar-refractivity contribution >= 4 is 55.4 Å². The summed E-state index contributed by atoms with van der Waals surface area (Å²) in [6.45, 7) is 0. The number of nitro benzene ring substituents is 1. The van der Waals surface area contributed by atoms with E-state index in [0.717, 1.165) is 7.11 Å². The van der Waals surface area contributed by atoms with Gasteiger partial charge in [0.2, 0.25) is 0 Å². The summed E-state index contributed by atoms with van der Waals surface area (Å²) in [6.07, 6.45) is -0.267. The predicted molar refractivity (Wildman–Crippen MR) is 118 cm³/mol. The van der Waals surface area contributed by atoms with E-state index >= 15 is 0 Å². The van der Waals surface area contributed by atoms with Crippen molar-refractivity contribution in [2.24, 2.45) is 0 Å². The molecule has 0 fully saturated rings. The molecule has 11 heteroatoms. The molecular weight excluding hydrogens is 540 g/mol. The zero-order valence-electron chi connectivity index (χ0n) is 16.5. The Balaban J connectivity index is 2.44. The number of carbonyl (C=O) groups is 3. The number of ether oxygens (including phenoxy) is 2. The second-order valence-corrected chi connectivity index (χ2v) is 8.20. The topological polar surface area (TPSA) is 125 Å². The Kier molecular flexibility index (Phi) is 8.69. The van der Waals surface area contributed by atoms with Crippen LogP contribution in [0.5, 0.6) is 0 Å². The van der Waals surface area contributed by atoms with Crippen LogP contribution in [-0.4, -0.2) is 43.0 Å². The summed E-state index contributed by atoms with van der Waals surface area (Å²) in [5.41, 5.74) is 0.524. The zero-order valence-corrected chi connectivity index (χ0v) is 19.6. The minimum absolute atomic E-state index is 0.154. The maximum Gasteiger partial charge on any atom is 0.329 e. The van der Waals surface area contributed by atoms with Crippen LogP contribution in [0.3, 0.4) is 0 Å². The summed E-state index contributed by atoms with van der Waals surface area (Å²) in [4.78, 5) is 47.8. The number of non-ortho nitro benzene ring substituents is 1. The van der Waals surface area contributed by atoms with Crippen LogP contribution in [0, 0.1) is 10.1 Å². The number of carbonyl (C=O) groups excluding carboxylic acids is 3. The molecule has 31 heavy (non-hydrogen) atoms. The molecule has 9 nitrogen and oxygen atoms in total. The molecule has 0 saturated heterocycles. The molecule has 2 rings (SSSR count). The van der Waals surface area contributed by atoms with Crippen LogP contribution in [-0.2, 0) is 19.1 Å². The summed E-state index contributed by atoms with van der Waals surface area (Å²) in [5.74, 6) is -2.87. The van der Waals surface area contributed by atoms with Crippen LogP contribution in [0.15, 0.2) is 51.4 Å². The fourth-order valence-electron chi connectivity index (χ4n) is 2.89. The summed E-state index contributed by atoms with van der Waals surface area (Å²) < 4.78 is 10.9. The zero-order chi connectivity index (χ0) is 23.1. The number of nitro groups is 1. The lowest BCUT2D eigenvalue weighted by molar-refractivity contribution is -0.384. The molecule has 164 valence electrons. The third kappa shape index (κ3) is 6.59. The van der Waals surface area contributed by atoms with Gasteiger partial charge in [0.05, 0.1) is 25.6 Å². The Morgan fingerprint density at radius 2 is 1.61 bits per heavy atom. The van der Waals surface area contributed by atoms with Gasteiger partial charge in [0.15, 0.2) is 0 Å². The van der Waals surface area contributed by atoms with Gasteiger partial charge in [-0.3, -0.25) is 19.7 Å². The summed E-state index contributed by atoms with van der Waals surface area (Å²) in [5, 5.41) is 13.6. The average Bonchev–Trinajstić information content (AvgIpc) is 2.74. The Labute approximate surface area is 194 Å². The number of methoxy groups -OCH3 is 2. The van der Waals surface area contributed by atoms with Gasteiger partial charge < -0.3 is 14.8 Å². The van der Waals surface area contributed by atoms with Crippen LogP contribution in [0.1, 0.15) is 28.3 Å². The van der Waals surface area contributed by atoms with Gasteiger partial charge in [-0.15, -0.1) is 0 Å². The van der Waals surface area contributed by atoms with Gasteiger partial charge in [0.1, 0.15) is 6.04 Å². The summed E-state index contributed by atoms with van der Waals surface area (Å²) in [7, 11) is 2.35. The standard InChI is InChI=1S/C20H18Br2N2O7/c1-30-17(25)10-16(11-3-5-15(6-4-11)24(28)29)18(20(27)31-2)23-19(26)12-7-13(21)9-14(22)8-12/h3-9,16,18H,10H2,1-2H3,(H,23,26)/t16-,18+/m0/s1. The monoisotopic (exact) mass is 556 g/mol. The first-order chi connectivity index (χ1) is 14.7. The molecule has 0 aliphatic carbocycles. The second-order valence-electron chi connectivity index (χ2n) is 6.37. The predicted octanol–water partition coefficient (Wildman–Crippen LogP) is 3.74. The van der Waals surface area contributed by atoms with Crippen molar-refractivity contribution in [3.05, 3.63) is 72.7 Å². The quantitative estimate of drug-likeness (QED) is 0.298. The number of halogens is 2. The van der Waals surface area contributed by atoms with Gasteiger partial charge in [-0.25, -0.2) is 4.79 Å². The molecule has 0 aliphatic heterocycles. The van der Waals surface area contributed by atoms with E-state index in [0.29, 0.717) is 14.5 Å². The van der Waals surface area contributed by atoms with Gasteiger partial charge in [-0.05, 0) is 23.8 Å². The lowest BCUT2D eigenvalue weighted by Gasteiger charge is -2.26. The highest BCUT2D eigenvalue weighted by Gasteiger charge is 2.34. The Morgan fingerprint density at radius 3 is 2.10 bits per heavy atom. The number of rotatable bonds is 8. The molecule has 2 atom stereocenters. The van der Waals surface area contributed by atoms with Crippen molar-refractivity contribution in [1.29, 1.82) is 0 Å². The molecule has 0 heterocycles. The first-order valence-electron chi connectivity index (χ1n) is 8.82. The molecule has 0 aromatic heterocycles. The molecule has 0 bridgehead atoms. The molecule has 0 saturated carbocycles. The third-order valence-corrected chi connectivity index (χ3v) is 5.33. The smallest absolute Gasteiger partial charge is 0.329 e. The van der Waals surface area contributed by atoms with Crippen molar-refractivity contribution in [3.63, 3.8) is 0 Å². The SMILES string of the molecule is COC(=O)C[C@@H](c1ccc([N+](=O)[O-])cc1)[C@@H](NC(=O)c1cc(Br)cc(Br)c1)C(=O)OC. The minimum Gasteiger partial charge on any atom is -0.469 e. The van der Waals surface area contributed by atoms with Crippen molar-refractivity contribution in [1.82, 2.24) is 5.32 Å². The first kappa shape index (κ1) is 24.5. The van der Waals surface area contributed by atoms with E-state index in [-0.39, 0.29) is 17.7 Å². The molecule has 0 aliphatic rings. The van der Waals surface area contributed by atoms with E-state index in [1.54, 1.807) is 18.2 Å². The number of hydrogen-bond donors (Lipinski definition) is 1. The number of nitrogens with zero attached hydrogens (tertiary/aromatic N) is 1. The highest BCUT2D eigenvalue weighted by molar-refractivity contribution is 9.11. The normalized spacial score (nSPS) is 12.4. The molecule has 0 radical (unpaired) electrons. The summed E-state index contributed by atoms with van der Waals surface area (Å²) in [6, 6.07) is 8.96. The number of amides is 1. The fourth-order valence-corrected chi connectivity index (χ4v) is 4.19. The van der Waals surface area contributed by atoms with Crippen LogP contribution in [0.4, 0.5) is 5.69 Å². The molecule has 1 N–H and O–H groups in total. The van der Waals surface area contributed by atoms with Crippen LogP contribution in [0.25, 0.3) is 0 Å². The van der Waals surface area contributed by atoms with Gasteiger partial charge >= 0.3 is 11.9 Å². The Hall–Kier alpha value is -2.79. The van der Waals surface area contributed by atoms with Crippen LogP contribution >= 0.6 is 31.9 Å². The highest BCUT2D eigenvalue weighted by atomic mass is 79.9. The van der Waals surface area contributed by atoms with Gasteiger partial charge in [0.25, 0.3) is 11.6 Å². The largest absolute Gasteiger partial charge is 0.469 e. The highest BCUT2D eigenvalue weighted by Crippen LogP contribution is 2.28. The number of benzene rings is 2. The Bertz CT molecular complexity index is 975.